The molecule has 0 spiro atoms. The van der Waals surface area contributed by atoms with Crippen LogP contribution in [-0.4, -0.2) is 81.0 Å². The largest absolute Gasteiger partial charge is 0.493 e. The molecule has 36 heavy (non-hydrogen) atoms. The summed E-state index contributed by atoms with van der Waals surface area (Å²) in [5.74, 6) is 1.00. The van der Waals surface area contributed by atoms with Crippen molar-refractivity contribution in [1.29, 1.82) is 0 Å². The first kappa shape index (κ1) is 25.7. The molecule has 1 unspecified atom stereocenters. The van der Waals surface area contributed by atoms with Crippen molar-refractivity contribution in [3.05, 3.63) is 59.7 Å². The van der Waals surface area contributed by atoms with Gasteiger partial charge in [-0.3, -0.25) is 14.5 Å². The van der Waals surface area contributed by atoms with Gasteiger partial charge in [-0.15, -0.1) is 0 Å². The lowest BCUT2D eigenvalue weighted by atomic mass is 10.0. The Morgan fingerprint density at radius 3 is 2.47 bits per heavy atom. The first-order chi connectivity index (χ1) is 17.6. The summed E-state index contributed by atoms with van der Waals surface area (Å²) < 4.78 is 16.4. The van der Waals surface area contributed by atoms with Gasteiger partial charge in [-0.1, -0.05) is 36.4 Å². The molecule has 2 aliphatic rings. The molecule has 1 atom stereocenters. The summed E-state index contributed by atoms with van der Waals surface area (Å²) in [6.45, 7) is 3.79. The van der Waals surface area contributed by atoms with Crippen molar-refractivity contribution in [2.45, 2.75) is 25.3 Å². The zero-order chi connectivity index (χ0) is 25.3. The summed E-state index contributed by atoms with van der Waals surface area (Å²) in [4.78, 5) is 27.6. The fourth-order valence-corrected chi connectivity index (χ4v) is 4.53. The fraction of sp³-hybridized carbons (Fsp3) is 0.444. The first-order valence-electron chi connectivity index (χ1n) is 12.3. The number of hydrogen-bond donors (Lipinski definition) is 1. The third-order valence-corrected chi connectivity index (χ3v) is 6.53. The highest BCUT2D eigenvalue weighted by molar-refractivity contribution is 6.02. The quantitative estimate of drug-likeness (QED) is 0.546. The lowest BCUT2D eigenvalue weighted by molar-refractivity contribution is -0.133. The number of hydrazone groups is 1. The van der Waals surface area contributed by atoms with Crippen molar-refractivity contribution in [2.75, 3.05) is 53.6 Å². The van der Waals surface area contributed by atoms with Crippen molar-refractivity contribution in [2.24, 2.45) is 5.10 Å². The van der Waals surface area contributed by atoms with Crippen molar-refractivity contribution < 1.29 is 23.8 Å². The van der Waals surface area contributed by atoms with Gasteiger partial charge < -0.3 is 19.5 Å². The van der Waals surface area contributed by atoms with Crippen LogP contribution in [-0.2, 0) is 14.3 Å². The smallest absolute Gasteiger partial charge is 0.243 e. The number of amides is 2. The molecule has 2 aromatic carbocycles. The lowest BCUT2D eigenvalue weighted by Crippen LogP contribution is -2.44. The van der Waals surface area contributed by atoms with E-state index in [1.54, 1.807) is 14.2 Å². The second-order valence-corrected chi connectivity index (χ2v) is 8.76. The maximum atomic E-state index is 12.7. The second kappa shape index (κ2) is 12.5. The van der Waals surface area contributed by atoms with Gasteiger partial charge in [0, 0.05) is 38.9 Å². The summed E-state index contributed by atoms with van der Waals surface area (Å²) in [6, 6.07) is 15.6. The number of hydrogen-bond acceptors (Lipinski definition) is 7. The van der Waals surface area contributed by atoms with Gasteiger partial charge in [-0.25, -0.2) is 5.01 Å². The Hall–Kier alpha value is -3.43. The van der Waals surface area contributed by atoms with Crippen LogP contribution in [0, 0.1) is 0 Å². The molecule has 1 saturated heterocycles. The number of ether oxygens (including phenoxy) is 3. The lowest BCUT2D eigenvalue weighted by Gasteiger charge is -2.35. The van der Waals surface area contributed by atoms with E-state index >= 15 is 0 Å². The molecule has 2 amide bonds. The third kappa shape index (κ3) is 6.41. The molecular weight excluding hydrogens is 460 g/mol. The molecule has 4 rings (SSSR count). The summed E-state index contributed by atoms with van der Waals surface area (Å²) >= 11 is 0. The molecule has 0 aliphatic carbocycles. The topological polar surface area (TPSA) is 92.7 Å². The molecular formula is C27H34N4O5. The van der Waals surface area contributed by atoms with Crippen LogP contribution in [0.2, 0.25) is 0 Å². The molecule has 2 aliphatic heterocycles. The molecule has 0 radical (unpaired) electrons. The minimum atomic E-state index is -0.159. The van der Waals surface area contributed by atoms with Gasteiger partial charge in [0.05, 0.1) is 45.7 Å². The van der Waals surface area contributed by atoms with E-state index in [9.17, 15) is 9.59 Å². The Morgan fingerprint density at radius 2 is 1.75 bits per heavy atom. The van der Waals surface area contributed by atoms with Crippen molar-refractivity contribution in [3.8, 4) is 11.5 Å². The second-order valence-electron chi connectivity index (χ2n) is 8.76. The maximum Gasteiger partial charge on any atom is 0.243 e. The maximum absolute atomic E-state index is 12.7. The number of rotatable bonds is 10. The van der Waals surface area contributed by atoms with Crippen LogP contribution in [0.25, 0.3) is 0 Å². The Morgan fingerprint density at radius 1 is 1.00 bits per heavy atom. The van der Waals surface area contributed by atoms with Crippen LogP contribution < -0.4 is 14.8 Å². The number of nitrogens with zero attached hydrogens (tertiary/aromatic N) is 3. The first-order valence-corrected chi connectivity index (χ1v) is 12.3. The summed E-state index contributed by atoms with van der Waals surface area (Å²) in [5, 5.41) is 8.98. The van der Waals surface area contributed by atoms with E-state index in [4.69, 9.17) is 14.2 Å². The average molecular weight is 495 g/mol. The van der Waals surface area contributed by atoms with E-state index in [1.165, 1.54) is 5.01 Å². The monoisotopic (exact) mass is 494 g/mol. The SMILES string of the molecule is COc1ccc(C(CNC(=O)CCC(=O)N2CCC(c3ccccc3)=N2)N2CCOCC2)cc1OC. The van der Waals surface area contributed by atoms with Crippen LogP contribution in [0.5, 0.6) is 11.5 Å². The van der Waals surface area contributed by atoms with Gasteiger partial charge in [0.15, 0.2) is 11.5 Å². The highest BCUT2D eigenvalue weighted by Gasteiger charge is 2.25. The number of methoxy groups -OCH3 is 2. The number of carbonyl (C=O) groups excluding carboxylic acids is 2. The summed E-state index contributed by atoms with van der Waals surface area (Å²) in [5.41, 5.74) is 2.94. The van der Waals surface area contributed by atoms with Crippen LogP contribution in [0.15, 0.2) is 53.6 Å². The van der Waals surface area contributed by atoms with Gasteiger partial charge in [0.25, 0.3) is 0 Å². The van der Waals surface area contributed by atoms with Gasteiger partial charge in [0.1, 0.15) is 0 Å². The Balaban J connectivity index is 1.33. The number of carbonyl (C=O) groups is 2. The highest BCUT2D eigenvalue weighted by Crippen LogP contribution is 2.32. The third-order valence-electron chi connectivity index (χ3n) is 6.53. The molecule has 0 aromatic heterocycles. The fourth-order valence-electron chi connectivity index (χ4n) is 4.53. The molecule has 0 bridgehead atoms. The van der Waals surface area contributed by atoms with Gasteiger partial charge in [-0.05, 0) is 23.3 Å². The molecule has 1 fully saturated rings. The van der Waals surface area contributed by atoms with E-state index in [1.807, 2.05) is 48.5 Å². The van der Waals surface area contributed by atoms with Crippen molar-refractivity contribution >= 4 is 17.5 Å². The molecule has 2 heterocycles. The standard InChI is InChI=1S/C27H34N4O5/c1-34-24-9-8-21(18-25(24)35-2)23(30-14-16-36-17-15-30)19-28-26(32)10-11-27(33)31-13-12-22(29-31)20-6-4-3-5-7-20/h3-9,18,23H,10-17,19H2,1-2H3,(H,28,32). The molecule has 9 heteroatoms. The van der Waals surface area contributed by atoms with Gasteiger partial charge in [-0.2, -0.15) is 5.10 Å². The summed E-state index contributed by atoms with van der Waals surface area (Å²) in [7, 11) is 3.21. The number of morpholine rings is 1. The predicted octanol–water partition coefficient (Wildman–Crippen LogP) is 2.61. The average Bonchev–Trinajstić information content (AvgIpc) is 3.43. The van der Waals surface area contributed by atoms with Crippen LogP contribution >= 0.6 is 0 Å². The van der Waals surface area contributed by atoms with Gasteiger partial charge >= 0.3 is 0 Å². The Labute approximate surface area is 212 Å². The number of benzene rings is 2. The zero-order valence-electron chi connectivity index (χ0n) is 20.9. The van der Waals surface area contributed by atoms with Crippen LogP contribution in [0.4, 0.5) is 0 Å². The number of nitrogens with one attached hydrogen (secondary N) is 1. The minimum absolute atomic E-state index is 0.0510. The predicted molar refractivity (Wildman–Crippen MR) is 136 cm³/mol. The van der Waals surface area contributed by atoms with E-state index in [0.717, 1.165) is 29.9 Å². The van der Waals surface area contributed by atoms with Crippen LogP contribution in [0.3, 0.4) is 0 Å². The zero-order valence-corrected chi connectivity index (χ0v) is 20.9. The molecule has 2 aromatic rings. The molecule has 1 N–H and O–H groups in total. The molecule has 0 saturated carbocycles. The normalized spacial score (nSPS) is 16.8. The van der Waals surface area contributed by atoms with Crippen molar-refractivity contribution in [1.82, 2.24) is 15.2 Å². The van der Waals surface area contributed by atoms with E-state index < -0.39 is 0 Å². The van der Waals surface area contributed by atoms with Crippen LogP contribution in [0.1, 0.15) is 36.4 Å². The Kier molecular flexibility index (Phi) is 8.91. The minimum Gasteiger partial charge on any atom is -0.493 e. The van der Waals surface area contributed by atoms with Gasteiger partial charge in [0.2, 0.25) is 11.8 Å². The van der Waals surface area contributed by atoms with E-state index in [0.29, 0.717) is 44.2 Å². The Bertz CT molecular complexity index is 1070. The van der Waals surface area contributed by atoms with E-state index in [-0.39, 0.29) is 30.7 Å². The molecule has 192 valence electrons. The summed E-state index contributed by atoms with van der Waals surface area (Å²) in [6.07, 6.45) is 0.956. The highest BCUT2D eigenvalue weighted by atomic mass is 16.5. The van der Waals surface area contributed by atoms with E-state index in [2.05, 4.69) is 15.3 Å². The van der Waals surface area contributed by atoms with Crippen molar-refractivity contribution in [3.63, 3.8) is 0 Å². The molecule has 9 nitrogen and oxygen atoms in total.